The summed E-state index contributed by atoms with van der Waals surface area (Å²) < 4.78 is 1.28. The van der Waals surface area contributed by atoms with Crippen molar-refractivity contribution in [2.45, 2.75) is 11.6 Å². The summed E-state index contributed by atoms with van der Waals surface area (Å²) in [6, 6.07) is 5.81. The fraction of sp³-hybridized carbons (Fsp3) is 0.231. The lowest BCUT2D eigenvalue weighted by Crippen LogP contribution is -2.59. The quantitative estimate of drug-likeness (QED) is 0.420. The van der Waals surface area contributed by atoms with Crippen molar-refractivity contribution in [3.05, 3.63) is 38.3 Å². The van der Waals surface area contributed by atoms with Crippen molar-refractivity contribution >= 4 is 56.8 Å². The minimum Gasteiger partial charge on any atom is -0.357 e. The van der Waals surface area contributed by atoms with Gasteiger partial charge in [-0.25, -0.2) is 0 Å². The number of hydrogen-bond donors (Lipinski definition) is 4. The number of hydrogen-bond acceptors (Lipinski definition) is 7. The maximum absolute atomic E-state index is 12.3. The average Bonchev–Trinajstić information content (AvgIpc) is 2.97. The topological polar surface area (TPSA) is 113 Å². The average molecular weight is 416 g/mol. The zero-order valence-electron chi connectivity index (χ0n) is 12.0. The SMILES string of the molecule is CNC(=O)C(Nc1n[nH]c(=S)s1)C(N)(C=O)c1ccc(Br)cc1. The van der Waals surface area contributed by atoms with Gasteiger partial charge in [0.25, 0.3) is 0 Å². The van der Waals surface area contributed by atoms with Gasteiger partial charge in [-0.3, -0.25) is 9.89 Å². The predicted molar refractivity (Wildman–Crippen MR) is 94.8 cm³/mol. The number of nitrogens with zero attached hydrogens (tertiary/aromatic N) is 1. The lowest BCUT2D eigenvalue weighted by atomic mass is 9.84. The van der Waals surface area contributed by atoms with Crippen molar-refractivity contribution in [3.8, 4) is 0 Å². The Morgan fingerprint density at radius 3 is 2.65 bits per heavy atom. The minimum atomic E-state index is -1.58. The summed E-state index contributed by atoms with van der Waals surface area (Å²) >= 11 is 9.43. The monoisotopic (exact) mass is 415 g/mol. The number of amides is 1. The van der Waals surface area contributed by atoms with Crippen LogP contribution in [-0.4, -0.2) is 35.5 Å². The number of halogens is 1. The van der Waals surface area contributed by atoms with E-state index in [0.717, 1.165) is 15.8 Å². The van der Waals surface area contributed by atoms with Crippen LogP contribution in [0, 0.1) is 3.95 Å². The molecule has 7 nitrogen and oxygen atoms in total. The van der Waals surface area contributed by atoms with Gasteiger partial charge in [0.15, 0.2) is 3.95 Å². The zero-order chi connectivity index (χ0) is 17.0. The van der Waals surface area contributed by atoms with E-state index in [2.05, 4.69) is 36.8 Å². The van der Waals surface area contributed by atoms with Crippen LogP contribution < -0.4 is 16.4 Å². The Bertz CT molecular complexity index is 760. The van der Waals surface area contributed by atoms with Gasteiger partial charge in [0.05, 0.1) is 0 Å². The third-order valence-corrected chi connectivity index (χ3v) is 4.78. The van der Waals surface area contributed by atoms with Gasteiger partial charge in [0.1, 0.15) is 17.9 Å². The molecule has 0 fully saturated rings. The number of likely N-dealkylation sites (N-methyl/N-ethyl adjacent to an activating group) is 1. The fourth-order valence-corrected chi connectivity index (χ4v) is 3.08. The molecule has 23 heavy (non-hydrogen) atoms. The van der Waals surface area contributed by atoms with Crippen LogP contribution in [0.25, 0.3) is 0 Å². The van der Waals surface area contributed by atoms with Crippen molar-refractivity contribution in [3.63, 3.8) is 0 Å². The second-order valence-corrected chi connectivity index (χ2v) is 7.25. The van der Waals surface area contributed by atoms with Crippen molar-refractivity contribution < 1.29 is 9.59 Å². The Morgan fingerprint density at radius 2 is 2.17 bits per heavy atom. The van der Waals surface area contributed by atoms with Gasteiger partial charge < -0.3 is 21.2 Å². The third kappa shape index (κ3) is 3.83. The third-order valence-electron chi connectivity index (χ3n) is 3.23. The molecule has 1 aromatic carbocycles. The van der Waals surface area contributed by atoms with Crippen LogP contribution in [0.3, 0.4) is 0 Å². The molecule has 0 saturated carbocycles. The second kappa shape index (κ2) is 7.30. The molecule has 0 aliphatic rings. The fourth-order valence-electron chi connectivity index (χ4n) is 2.00. The Morgan fingerprint density at radius 1 is 1.52 bits per heavy atom. The number of aldehydes is 1. The molecule has 5 N–H and O–H groups in total. The van der Waals surface area contributed by atoms with Crippen LogP contribution in [0.1, 0.15) is 5.56 Å². The molecular formula is C13H14BrN5O2S2. The molecule has 0 spiro atoms. The summed E-state index contributed by atoms with van der Waals surface area (Å²) in [5.41, 5.74) is 5.20. The second-order valence-electron chi connectivity index (χ2n) is 4.67. The van der Waals surface area contributed by atoms with Gasteiger partial charge in [0, 0.05) is 11.5 Å². The Hall–Kier alpha value is -1.62. The lowest BCUT2D eigenvalue weighted by molar-refractivity contribution is -0.126. The molecule has 0 saturated heterocycles. The van der Waals surface area contributed by atoms with E-state index in [1.165, 1.54) is 7.05 Å². The first-order chi connectivity index (χ1) is 10.9. The van der Waals surface area contributed by atoms with Crippen molar-refractivity contribution in [1.82, 2.24) is 15.5 Å². The molecule has 2 rings (SSSR count). The number of carbonyl (C=O) groups is 2. The summed E-state index contributed by atoms with van der Waals surface area (Å²) in [6.45, 7) is 0. The summed E-state index contributed by atoms with van der Waals surface area (Å²) in [5.74, 6) is -0.441. The number of benzene rings is 1. The van der Waals surface area contributed by atoms with Crippen LogP contribution in [0.5, 0.6) is 0 Å². The molecule has 2 atom stereocenters. The summed E-state index contributed by atoms with van der Waals surface area (Å²) in [6.07, 6.45) is 0.551. The molecule has 10 heteroatoms. The first-order valence-electron chi connectivity index (χ1n) is 6.45. The van der Waals surface area contributed by atoms with E-state index in [1.807, 2.05) is 0 Å². The number of rotatable bonds is 6. The van der Waals surface area contributed by atoms with Crippen LogP contribution in [0.2, 0.25) is 0 Å². The van der Waals surface area contributed by atoms with E-state index in [1.54, 1.807) is 24.3 Å². The normalized spacial score (nSPS) is 14.6. The van der Waals surface area contributed by atoms with Gasteiger partial charge in [0.2, 0.25) is 11.0 Å². The van der Waals surface area contributed by atoms with Gasteiger partial charge >= 0.3 is 0 Å². The Kier molecular flexibility index (Phi) is 5.63. The van der Waals surface area contributed by atoms with Crippen molar-refractivity contribution in [1.29, 1.82) is 0 Å². The van der Waals surface area contributed by atoms with Crippen molar-refractivity contribution in [2.24, 2.45) is 5.73 Å². The number of aromatic nitrogens is 2. The number of anilines is 1. The molecule has 0 aliphatic heterocycles. The number of nitrogens with two attached hydrogens (primary N) is 1. The Balaban J connectivity index is 2.45. The Labute approximate surface area is 149 Å². The maximum atomic E-state index is 12.3. The smallest absolute Gasteiger partial charge is 0.245 e. The molecule has 2 unspecified atom stereocenters. The summed E-state index contributed by atoms with van der Waals surface area (Å²) in [4.78, 5) is 24.1. The highest BCUT2D eigenvalue weighted by Gasteiger charge is 2.41. The molecule has 0 bridgehead atoms. The highest BCUT2D eigenvalue weighted by molar-refractivity contribution is 9.10. The first-order valence-corrected chi connectivity index (χ1v) is 8.47. The number of aromatic amines is 1. The van der Waals surface area contributed by atoms with Crippen molar-refractivity contribution in [2.75, 3.05) is 12.4 Å². The molecule has 0 radical (unpaired) electrons. The minimum absolute atomic E-state index is 0.373. The van der Waals surface area contributed by atoms with E-state index in [4.69, 9.17) is 18.0 Å². The van der Waals surface area contributed by atoms with Gasteiger partial charge in [-0.15, -0.1) is 5.10 Å². The largest absolute Gasteiger partial charge is 0.357 e. The van der Waals surface area contributed by atoms with E-state index < -0.39 is 17.5 Å². The predicted octanol–water partition coefficient (Wildman–Crippen LogP) is 1.54. The number of carbonyl (C=O) groups excluding carboxylic acids is 2. The number of nitrogens with one attached hydrogen (secondary N) is 3. The van der Waals surface area contributed by atoms with E-state index >= 15 is 0 Å². The zero-order valence-corrected chi connectivity index (χ0v) is 15.2. The number of H-pyrrole nitrogens is 1. The first kappa shape index (κ1) is 17.7. The van der Waals surface area contributed by atoms with Crippen LogP contribution in [0.15, 0.2) is 28.7 Å². The molecule has 122 valence electrons. The molecule has 0 aliphatic carbocycles. The van der Waals surface area contributed by atoms with E-state index in [0.29, 0.717) is 20.9 Å². The maximum Gasteiger partial charge on any atom is 0.245 e. The van der Waals surface area contributed by atoms with Gasteiger partial charge in [-0.05, 0) is 29.9 Å². The molecular weight excluding hydrogens is 402 g/mol. The highest BCUT2D eigenvalue weighted by atomic mass is 79.9. The van der Waals surface area contributed by atoms with Gasteiger partial charge in [-0.1, -0.05) is 39.4 Å². The molecule has 1 aromatic heterocycles. The molecule has 2 aromatic rings. The lowest BCUT2D eigenvalue weighted by Gasteiger charge is -2.32. The summed E-state index contributed by atoms with van der Waals surface area (Å²) in [5, 5.41) is 12.3. The van der Waals surface area contributed by atoms with Crippen LogP contribution >= 0.6 is 39.5 Å². The van der Waals surface area contributed by atoms with E-state index in [-0.39, 0.29) is 0 Å². The van der Waals surface area contributed by atoms with Crippen LogP contribution in [0.4, 0.5) is 5.13 Å². The molecule has 1 heterocycles. The van der Waals surface area contributed by atoms with Crippen LogP contribution in [-0.2, 0) is 15.1 Å². The standard InChI is InChI=1S/C13H14BrN5O2S2/c1-16-10(21)9(17-11-18-19-12(22)23-11)13(15,6-20)7-2-4-8(14)5-3-7/h2-6,9H,15H2,1H3,(H,16,21)(H,17,18)(H,19,22). The van der Waals surface area contributed by atoms with E-state index in [9.17, 15) is 9.59 Å². The highest BCUT2D eigenvalue weighted by Crippen LogP contribution is 2.26. The van der Waals surface area contributed by atoms with Gasteiger partial charge in [-0.2, -0.15) is 0 Å². The summed E-state index contributed by atoms with van der Waals surface area (Å²) in [7, 11) is 1.47. The molecule has 1 amide bonds.